The monoisotopic (exact) mass is 280 g/mol. The first-order valence-electron chi connectivity index (χ1n) is 5.94. The number of aromatic nitrogens is 1. The quantitative estimate of drug-likeness (QED) is 0.903. The van der Waals surface area contributed by atoms with E-state index in [1.54, 1.807) is 11.3 Å². The second-order valence-electron chi connectivity index (χ2n) is 4.44. The van der Waals surface area contributed by atoms with Crippen LogP contribution in [0.25, 0.3) is 10.6 Å². The molecular formula is C14H17ClN2S. The van der Waals surface area contributed by atoms with Crippen LogP contribution in [0, 0.1) is 13.8 Å². The zero-order chi connectivity index (χ0) is 13.3. The van der Waals surface area contributed by atoms with Crippen molar-refractivity contribution < 1.29 is 0 Å². The minimum absolute atomic E-state index is 0.337. The third-order valence-corrected chi connectivity index (χ3v) is 4.69. The van der Waals surface area contributed by atoms with Gasteiger partial charge in [0.1, 0.15) is 5.01 Å². The van der Waals surface area contributed by atoms with E-state index in [0.717, 1.165) is 15.7 Å². The van der Waals surface area contributed by atoms with Crippen molar-refractivity contribution in [3.05, 3.63) is 39.4 Å². The van der Waals surface area contributed by atoms with Crippen LogP contribution in [0.15, 0.2) is 18.2 Å². The number of halogens is 1. The summed E-state index contributed by atoms with van der Waals surface area (Å²) in [4.78, 5) is 5.97. The van der Waals surface area contributed by atoms with E-state index in [1.807, 2.05) is 25.2 Å². The fourth-order valence-corrected chi connectivity index (χ4v) is 3.37. The molecule has 0 saturated carbocycles. The number of hydrogen-bond donors (Lipinski definition) is 1. The van der Waals surface area contributed by atoms with Gasteiger partial charge in [0, 0.05) is 21.5 Å². The van der Waals surface area contributed by atoms with Crippen LogP contribution in [0.3, 0.4) is 0 Å². The molecule has 2 rings (SSSR count). The van der Waals surface area contributed by atoms with E-state index < -0.39 is 0 Å². The van der Waals surface area contributed by atoms with Crippen LogP contribution >= 0.6 is 22.9 Å². The summed E-state index contributed by atoms with van der Waals surface area (Å²) in [5.74, 6) is 0. The molecule has 4 heteroatoms. The van der Waals surface area contributed by atoms with Gasteiger partial charge in [0.2, 0.25) is 0 Å². The average Bonchev–Trinajstić information content (AvgIpc) is 2.70. The fourth-order valence-electron chi connectivity index (χ4n) is 1.92. The Kier molecular flexibility index (Phi) is 4.05. The van der Waals surface area contributed by atoms with Crippen molar-refractivity contribution in [2.45, 2.75) is 26.8 Å². The highest BCUT2D eigenvalue weighted by molar-refractivity contribution is 7.15. The van der Waals surface area contributed by atoms with Crippen LogP contribution < -0.4 is 5.32 Å². The molecule has 2 nitrogen and oxygen atoms in total. The predicted octanol–water partition coefficient (Wildman–Crippen LogP) is 4.36. The van der Waals surface area contributed by atoms with Crippen LogP contribution in [0.4, 0.5) is 0 Å². The van der Waals surface area contributed by atoms with Crippen molar-refractivity contribution in [3.63, 3.8) is 0 Å². The predicted molar refractivity (Wildman–Crippen MR) is 79.5 cm³/mol. The van der Waals surface area contributed by atoms with Gasteiger partial charge in [0.25, 0.3) is 0 Å². The molecule has 0 fully saturated rings. The molecule has 18 heavy (non-hydrogen) atoms. The van der Waals surface area contributed by atoms with Gasteiger partial charge in [-0.05, 0) is 45.5 Å². The zero-order valence-corrected chi connectivity index (χ0v) is 12.6. The van der Waals surface area contributed by atoms with Crippen molar-refractivity contribution in [1.82, 2.24) is 10.3 Å². The van der Waals surface area contributed by atoms with Gasteiger partial charge in [0.15, 0.2) is 0 Å². The number of aryl methyl sites for hydroxylation is 2. The second kappa shape index (κ2) is 5.39. The van der Waals surface area contributed by atoms with Crippen LogP contribution in [0.2, 0.25) is 5.02 Å². The maximum Gasteiger partial charge on any atom is 0.124 e. The third-order valence-electron chi connectivity index (χ3n) is 3.08. The highest BCUT2D eigenvalue weighted by Gasteiger charge is 2.15. The lowest BCUT2D eigenvalue weighted by Gasteiger charge is -2.07. The molecule has 0 saturated heterocycles. The van der Waals surface area contributed by atoms with Crippen molar-refractivity contribution in [1.29, 1.82) is 0 Å². The first-order valence-corrected chi connectivity index (χ1v) is 7.13. The molecule has 1 heterocycles. The topological polar surface area (TPSA) is 24.9 Å². The zero-order valence-electron chi connectivity index (χ0n) is 11.0. The minimum atomic E-state index is 0.337. The normalized spacial score (nSPS) is 12.7. The Morgan fingerprint density at radius 3 is 2.67 bits per heavy atom. The maximum absolute atomic E-state index is 5.99. The number of benzene rings is 1. The molecule has 0 bridgehead atoms. The van der Waals surface area contributed by atoms with Crippen molar-refractivity contribution in [2.75, 3.05) is 7.05 Å². The van der Waals surface area contributed by atoms with Gasteiger partial charge in [-0.25, -0.2) is 4.98 Å². The number of hydrogen-bond acceptors (Lipinski definition) is 3. The molecule has 1 aromatic carbocycles. The largest absolute Gasteiger partial charge is 0.312 e. The Morgan fingerprint density at radius 1 is 1.33 bits per heavy atom. The summed E-state index contributed by atoms with van der Waals surface area (Å²) >= 11 is 7.74. The number of rotatable bonds is 3. The summed E-state index contributed by atoms with van der Waals surface area (Å²) in [5.41, 5.74) is 3.44. The van der Waals surface area contributed by atoms with Gasteiger partial charge < -0.3 is 5.32 Å². The smallest absolute Gasteiger partial charge is 0.124 e. The second-order valence-corrected chi connectivity index (χ2v) is 5.91. The molecule has 2 aromatic rings. The van der Waals surface area contributed by atoms with E-state index in [-0.39, 0.29) is 0 Å². The van der Waals surface area contributed by atoms with Crippen LogP contribution in [-0.2, 0) is 0 Å². The Balaban J connectivity index is 2.45. The third kappa shape index (κ3) is 2.58. The molecule has 0 spiro atoms. The van der Waals surface area contributed by atoms with Crippen LogP contribution in [0.5, 0.6) is 0 Å². The lowest BCUT2D eigenvalue weighted by molar-refractivity contribution is 0.658. The Labute approximate surface area is 117 Å². The molecule has 96 valence electrons. The van der Waals surface area contributed by atoms with Gasteiger partial charge in [-0.15, -0.1) is 11.3 Å². The highest BCUT2D eigenvalue weighted by Crippen LogP contribution is 2.33. The van der Waals surface area contributed by atoms with Gasteiger partial charge in [-0.2, -0.15) is 0 Å². The van der Waals surface area contributed by atoms with E-state index in [0.29, 0.717) is 6.04 Å². The van der Waals surface area contributed by atoms with Gasteiger partial charge in [0.05, 0.1) is 5.69 Å². The molecule has 0 aliphatic carbocycles. The Morgan fingerprint density at radius 2 is 2.06 bits per heavy atom. The standard InChI is InChI=1S/C14H17ClN2S/c1-8-7-11(15)5-6-12(8)14-17-10(3)13(18-14)9(2)16-4/h5-7,9,16H,1-4H3. The lowest BCUT2D eigenvalue weighted by atomic mass is 10.1. The molecule has 1 atom stereocenters. The van der Waals surface area contributed by atoms with Crippen molar-refractivity contribution in [2.24, 2.45) is 0 Å². The summed E-state index contributed by atoms with van der Waals surface area (Å²) in [6.45, 7) is 6.28. The molecular weight excluding hydrogens is 264 g/mol. The van der Waals surface area contributed by atoms with Crippen LogP contribution in [0.1, 0.15) is 29.1 Å². The maximum atomic E-state index is 5.99. The number of thiazole rings is 1. The molecule has 1 N–H and O–H groups in total. The molecule has 1 aromatic heterocycles. The molecule has 0 aliphatic rings. The lowest BCUT2D eigenvalue weighted by Crippen LogP contribution is -2.11. The SMILES string of the molecule is CNC(C)c1sc(-c2ccc(Cl)cc2C)nc1C. The van der Waals surface area contributed by atoms with E-state index in [4.69, 9.17) is 11.6 Å². The number of nitrogens with one attached hydrogen (secondary N) is 1. The fraction of sp³-hybridized carbons (Fsp3) is 0.357. The summed E-state index contributed by atoms with van der Waals surface area (Å²) in [5, 5.41) is 5.10. The number of nitrogens with zero attached hydrogens (tertiary/aromatic N) is 1. The Bertz CT molecular complexity index is 563. The van der Waals surface area contributed by atoms with Crippen molar-refractivity contribution >= 4 is 22.9 Å². The van der Waals surface area contributed by atoms with E-state index in [2.05, 4.69) is 31.1 Å². The van der Waals surface area contributed by atoms with Crippen LogP contribution in [-0.4, -0.2) is 12.0 Å². The van der Waals surface area contributed by atoms with E-state index in [1.165, 1.54) is 16.0 Å². The van der Waals surface area contributed by atoms with Gasteiger partial charge >= 0.3 is 0 Å². The molecule has 0 radical (unpaired) electrons. The first-order chi connectivity index (χ1) is 8.52. The molecule has 1 unspecified atom stereocenters. The summed E-state index contributed by atoms with van der Waals surface area (Å²) in [7, 11) is 1.97. The Hall–Kier alpha value is -0.900. The van der Waals surface area contributed by atoms with Crippen molar-refractivity contribution in [3.8, 4) is 10.6 Å². The minimum Gasteiger partial charge on any atom is -0.312 e. The molecule has 0 amide bonds. The summed E-state index contributed by atoms with van der Waals surface area (Å²) < 4.78 is 0. The highest BCUT2D eigenvalue weighted by atomic mass is 35.5. The van der Waals surface area contributed by atoms with Gasteiger partial charge in [-0.1, -0.05) is 17.7 Å². The summed E-state index contributed by atoms with van der Waals surface area (Å²) in [6, 6.07) is 6.28. The van der Waals surface area contributed by atoms with Gasteiger partial charge in [-0.3, -0.25) is 0 Å². The molecule has 0 aliphatic heterocycles. The van der Waals surface area contributed by atoms with E-state index in [9.17, 15) is 0 Å². The first kappa shape index (κ1) is 13.5. The summed E-state index contributed by atoms with van der Waals surface area (Å²) in [6.07, 6.45) is 0. The van der Waals surface area contributed by atoms with E-state index >= 15 is 0 Å². The average molecular weight is 281 g/mol.